The van der Waals surface area contributed by atoms with E-state index in [0.717, 1.165) is 52.9 Å². The van der Waals surface area contributed by atoms with Crippen molar-refractivity contribution in [1.29, 1.82) is 0 Å². The molecule has 172 valence electrons. The SMILES string of the molecule is Cc1ccc(C(C)C)c(OCC(=O)N2CCN(c3cc(-c4ccccc4)nc(C)n3)CC2)c1. The lowest BCUT2D eigenvalue weighted by atomic mass is 10.0. The second-order valence-corrected chi connectivity index (χ2v) is 8.88. The molecule has 1 aliphatic rings. The Balaban J connectivity index is 1.37. The van der Waals surface area contributed by atoms with E-state index >= 15 is 0 Å². The molecule has 1 aromatic heterocycles. The van der Waals surface area contributed by atoms with Crippen LogP contribution >= 0.6 is 0 Å². The van der Waals surface area contributed by atoms with Gasteiger partial charge >= 0.3 is 0 Å². The fourth-order valence-electron chi connectivity index (χ4n) is 4.13. The van der Waals surface area contributed by atoms with Gasteiger partial charge in [0.05, 0.1) is 5.69 Å². The summed E-state index contributed by atoms with van der Waals surface area (Å²) in [6, 6.07) is 18.4. The summed E-state index contributed by atoms with van der Waals surface area (Å²) >= 11 is 0. The van der Waals surface area contributed by atoms with Crippen molar-refractivity contribution >= 4 is 11.7 Å². The van der Waals surface area contributed by atoms with Crippen LogP contribution in [0.5, 0.6) is 5.75 Å². The van der Waals surface area contributed by atoms with E-state index in [4.69, 9.17) is 4.74 Å². The van der Waals surface area contributed by atoms with E-state index < -0.39 is 0 Å². The van der Waals surface area contributed by atoms with Gasteiger partial charge in [-0.15, -0.1) is 0 Å². The van der Waals surface area contributed by atoms with E-state index in [1.54, 1.807) is 0 Å². The van der Waals surface area contributed by atoms with Gasteiger partial charge in [-0.1, -0.05) is 56.3 Å². The molecule has 0 bridgehead atoms. The zero-order valence-corrected chi connectivity index (χ0v) is 19.9. The minimum atomic E-state index is 0.0229. The molecule has 6 nitrogen and oxygen atoms in total. The highest BCUT2D eigenvalue weighted by atomic mass is 16.5. The Morgan fingerprint density at radius 2 is 1.70 bits per heavy atom. The highest BCUT2D eigenvalue weighted by Crippen LogP contribution is 2.28. The third kappa shape index (κ3) is 5.51. The first kappa shape index (κ1) is 22.8. The Bertz CT molecular complexity index is 1110. The number of carbonyl (C=O) groups excluding carboxylic acids is 1. The summed E-state index contributed by atoms with van der Waals surface area (Å²) in [4.78, 5) is 26.2. The van der Waals surface area contributed by atoms with Gasteiger partial charge in [-0.25, -0.2) is 9.97 Å². The standard InChI is InChI=1S/C27H32N4O2/c1-19(2)23-11-10-20(3)16-25(23)33-18-27(32)31-14-12-30(13-15-31)26-17-24(28-21(4)29-26)22-8-6-5-7-9-22/h5-11,16-17,19H,12-15,18H2,1-4H3. The predicted octanol–water partition coefficient (Wildman–Crippen LogP) is 4.61. The predicted molar refractivity (Wildman–Crippen MR) is 132 cm³/mol. The maximum atomic E-state index is 12.8. The molecular formula is C27H32N4O2. The van der Waals surface area contributed by atoms with Crippen LogP contribution in [0, 0.1) is 13.8 Å². The van der Waals surface area contributed by atoms with Crippen LogP contribution in [0.3, 0.4) is 0 Å². The van der Waals surface area contributed by atoms with Gasteiger partial charge < -0.3 is 14.5 Å². The maximum absolute atomic E-state index is 12.8. The van der Waals surface area contributed by atoms with Crippen molar-refractivity contribution in [3.63, 3.8) is 0 Å². The Morgan fingerprint density at radius 1 is 0.970 bits per heavy atom. The fourth-order valence-corrected chi connectivity index (χ4v) is 4.13. The van der Waals surface area contributed by atoms with Gasteiger partial charge in [0.1, 0.15) is 17.4 Å². The van der Waals surface area contributed by atoms with Gasteiger partial charge in [0.2, 0.25) is 0 Å². The molecule has 0 aliphatic carbocycles. The lowest BCUT2D eigenvalue weighted by molar-refractivity contribution is -0.133. The average molecular weight is 445 g/mol. The molecule has 1 saturated heterocycles. The minimum absolute atomic E-state index is 0.0229. The molecular weight excluding hydrogens is 412 g/mol. The third-order valence-electron chi connectivity index (χ3n) is 5.99. The van der Waals surface area contributed by atoms with Crippen LogP contribution in [0.25, 0.3) is 11.3 Å². The number of piperazine rings is 1. The maximum Gasteiger partial charge on any atom is 0.260 e. The Labute approximate surface area is 196 Å². The van der Waals surface area contributed by atoms with Gasteiger partial charge in [0.15, 0.2) is 6.61 Å². The van der Waals surface area contributed by atoms with Crippen molar-refractivity contribution in [2.75, 3.05) is 37.7 Å². The molecule has 3 aromatic rings. The molecule has 1 amide bonds. The molecule has 0 N–H and O–H groups in total. The van der Waals surface area contributed by atoms with Crippen molar-refractivity contribution < 1.29 is 9.53 Å². The number of aromatic nitrogens is 2. The van der Waals surface area contributed by atoms with Gasteiger partial charge in [0.25, 0.3) is 5.91 Å². The molecule has 2 heterocycles. The summed E-state index contributed by atoms with van der Waals surface area (Å²) in [5.41, 5.74) is 4.26. The van der Waals surface area contributed by atoms with E-state index in [-0.39, 0.29) is 12.5 Å². The van der Waals surface area contributed by atoms with Crippen molar-refractivity contribution in [2.45, 2.75) is 33.6 Å². The third-order valence-corrected chi connectivity index (χ3v) is 5.99. The number of nitrogens with zero attached hydrogens (tertiary/aromatic N) is 4. The van der Waals surface area contributed by atoms with E-state index in [9.17, 15) is 4.79 Å². The van der Waals surface area contributed by atoms with Crippen LogP contribution in [0.1, 0.15) is 36.7 Å². The molecule has 2 aromatic carbocycles. The molecule has 33 heavy (non-hydrogen) atoms. The first-order valence-corrected chi connectivity index (χ1v) is 11.6. The summed E-state index contributed by atoms with van der Waals surface area (Å²) < 4.78 is 5.96. The van der Waals surface area contributed by atoms with Crippen LogP contribution in [0.15, 0.2) is 54.6 Å². The number of amides is 1. The normalized spacial score (nSPS) is 14.0. The molecule has 4 rings (SSSR count). The van der Waals surface area contributed by atoms with Crippen molar-refractivity contribution in [1.82, 2.24) is 14.9 Å². The van der Waals surface area contributed by atoms with E-state index in [2.05, 4.69) is 53.0 Å². The van der Waals surface area contributed by atoms with Gasteiger partial charge in [-0.3, -0.25) is 4.79 Å². The number of anilines is 1. The van der Waals surface area contributed by atoms with Crippen molar-refractivity contribution in [2.24, 2.45) is 0 Å². The summed E-state index contributed by atoms with van der Waals surface area (Å²) in [6.07, 6.45) is 0. The summed E-state index contributed by atoms with van der Waals surface area (Å²) in [5.74, 6) is 2.83. The first-order chi connectivity index (χ1) is 15.9. The zero-order valence-electron chi connectivity index (χ0n) is 19.9. The smallest absolute Gasteiger partial charge is 0.260 e. The highest BCUT2D eigenvalue weighted by Gasteiger charge is 2.23. The monoisotopic (exact) mass is 444 g/mol. The molecule has 1 fully saturated rings. The Kier molecular flexibility index (Phi) is 6.92. The van der Waals surface area contributed by atoms with Crippen LogP contribution in [0.2, 0.25) is 0 Å². The van der Waals surface area contributed by atoms with Crippen LogP contribution in [0.4, 0.5) is 5.82 Å². The Hall–Kier alpha value is -3.41. The number of hydrogen-bond acceptors (Lipinski definition) is 5. The zero-order chi connectivity index (χ0) is 23.4. The highest BCUT2D eigenvalue weighted by molar-refractivity contribution is 5.78. The van der Waals surface area contributed by atoms with E-state index in [1.807, 2.05) is 49.1 Å². The van der Waals surface area contributed by atoms with E-state index in [0.29, 0.717) is 19.0 Å². The number of rotatable bonds is 6. The fraction of sp³-hybridized carbons (Fsp3) is 0.370. The summed E-state index contributed by atoms with van der Waals surface area (Å²) in [7, 11) is 0. The number of carbonyl (C=O) groups is 1. The topological polar surface area (TPSA) is 58.6 Å². The van der Waals surface area contributed by atoms with Crippen molar-refractivity contribution in [3.8, 4) is 17.0 Å². The van der Waals surface area contributed by atoms with Gasteiger partial charge in [-0.2, -0.15) is 0 Å². The van der Waals surface area contributed by atoms with Crippen LogP contribution in [-0.2, 0) is 4.79 Å². The van der Waals surface area contributed by atoms with Gasteiger partial charge in [-0.05, 0) is 37.0 Å². The largest absolute Gasteiger partial charge is 0.483 e. The molecule has 6 heteroatoms. The van der Waals surface area contributed by atoms with Crippen LogP contribution < -0.4 is 9.64 Å². The molecule has 0 unspecified atom stereocenters. The molecule has 0 spiro atoms. The lowest BCUT2D eigenvalue weighted by Crippen LogP contribution is -2.50. The Morgan fingerprint density at radius 3 is 2.39 bits per heavy atom. The van der Waals surface area contributed by atoms with Crippen molar-refractivity contribution in [3.05, 3.63) is 71.5 Å². The number of benzene rings is 2. The second-order valence-electron chi connectivity index (χ2n) is 8.88. The number of hydrogen-bond donors (Lipinski definition) is 0. The first-order valence-electron chi connectivity index (χ1n) is 11.6. The average Bonchev–Trinajstić information content (AvgIpc) is 2.82. The second kappa shape index (κ2) is 10.0. The lowest BCUT2D eigenvalue weighted by Gasteiger charge is -2.35. The summed E-state index contributed by atoms with van der Waals surface area (Å²) in [6.45, 7) is 11.1. The number of aryl methyl sites for hydroxylation is 2. The minimum Gasteiger partial charge on any atom is -0.483 e. The molecule has 0 atom stereocenters. The summed E-state index contributed by atoms with van der Waals surface area (Å²) in [5, 5.41) is 0. The van der Waals surface area contributed by atoms with Crippen LogP contribution in [-0.4, -0.2) is 53.6 Å². The molecule has 0 saturated carbocycles. The van der Waals surface area contributed by atoms with E-state index in [1.165, 1.54) is 0 Å². The molecule has 0 radical (unpaired) electrons. The van der Waals surface area contributed by atoms with Gasteiger partial charge in [0, 0.05) is 37.8 Å². The number of ether oxygens (including phenoxy) is 1. The quantitative estimate of drug-likeness (QED) is 0.556. The molecule has 1 aliphatic heterocycles.